The zero-order valence-corrected chi connectivity index (χ0v) is 56.5. The van der Waals surface area contributed by atoms with Crippen molar-refractivity contribution in [3.05, 3.63) is 120 Å². The fraction of sp³-hybridized carbons (Fsp3) is 0.449. The van der Waals surface area contributed by atoms with E-state index in [1.54, 1.807) is 0 Å². The lowest BCUT2D eigenvalue weighted by molar-refractivity contribution is -0.357. The van der Waals surface area contributed by atoms with Crippen molar-refractivity contribution in [2.24, 2.45) is 0 Å². The number of carboxylic acids is 1. The van der Waals surface area contributed by atoms with Crippen LogP contribution in [0.5, 0.6) is 51.7 Å². The molecule has 41 nitrogen and oxygen atoms in total. The van der Waals surface area contributed by atoms with Crippen LogP contribution >= 0.6 is 0 Å². The lowest BCUT2D eigenvalue weighted by Crippen LogP contribution is -2.65. The highest BCUT2D eigenvalue weighted by atomic mass is 16.8. The van der Waals surface area contributed by atoms with Crippen LogP contribution in [0.4, 0.5) is 0 Å². The number of phenolic OH excluding ortho intramolecular Hbond substituents is 5. The molecule has 0 spiro atoms. The maximum Gasteiger partial charge on any atom is 0.402 e. The Bertz CT molecular complexity index is 4180. The van der Waals surface area contributed by atoms with E-state index in [-0.39, 0.29) is 44.9 Å². The number of aliphatic hydroxyl groups excluding tert-OH is 15. The van der Waals surface area contributed by atoms with Gasteiger partial charge in [-0.05, 0) is 72.8 Å². The first-order chi connectivity index (χ1) is 52.3. The number of hydrogen-bond acceptors (Lipinski definition) is 39. The molecule has 0 radical (unpaired) electrons. The van der Waals surface area contributed by atoms with E-state index >= 15 is 0 Å². The van der Waals surface area contributed by atoms with Gasteiger partial charge < -0.3 is 174 Å². The number of benzene rings is 5. The Labute approximate surface area is 616 Å². The van der Waals surface area contributed by atoms with Crippen molar-refractivity contribution in [2.45, 2.75) is 160 Å². The third-order valence-electron chi connectivity index (χ3n) is 18.0. The molecule has 0 amide bonds. The number of carbonyl (C=O) groups excluding carboxylic acids is 4. The lowest BCUT2D eigenvalue weighted by Gasteiger charge is -2.46. The largest absolute Gasteiger partial charge is 0.508 e. The summed E-state index contributed by atoms with van der Waals surface area (Å²) in [7, 11) is 0. The first-order valence-corrected chi connectivity index (χ1v) is 33.3. The molecular weight excluding hydrogens is 1480 g/mol. The second-order valence-electron chi connectivity index (χ2n) is 25.6. The van der Waals surface area contributed by atoms with E-state index < -0.39 is 269 Å². The second kappa shape index (κ2) is 34.6. The number of carbonyl (C=O) groups is 5. The standard InChI is InChI=1S/C69H74O41/c70-19-38-46(79)51(84)56(89)65(105-38)100-29-9-3-25(4-10-29)63(94)98-21-40-48(81)52(85)57(90)66(106-40)101-30-11-5-26(6-12-30)64(95)99-23-42-50(83)55(88)61(110-68-59(92)54(87)49(82)41(108-68)22-97-62(93)24-1-7-28(71)8-2-24)69(109-42)102-31-15-33(72)32-17-37(60(103-36(32)16-31)27-13-34(73)45(78)35(74)14-27)104-67-58(91)53(86)47(80)39(107-67)20-96-44(77)18-43(75)76/h1-17,38-42,46-59,61,65-70,79-92H,18-23H2,(H5-,71,72,73,74,75,76,78,93)/p+1/t38-,39-,40-,41-,42-,46-,47-,48-,49-,50-,51+,52+,53+,54+,55+,56-,57-,58-,59-,61-,65-,66-,67-,68+,69-/m1/s1. The van der Waals surface area contributed by atoms with Crippen LogP contribution in [-0.2, 0) is 57.0 Å². The van der Waals surface area contributed by atoms with E-state index in [1.807, 2.05) is 0 Å². The van der Waals surface area contributed by atoms with Gasteiger partial charge in [-0.1, -0.05) is 0 Å². The minimum absolute atomic E-state index is 0.0160. The van der Waals surface area contributed by atoms with E-state index in [1.165, 1.54) is 60.7 Å². The van der Waals surface area contributed by atoms with Crippen molar-refractivity contribution in [1.29, 1.82) is 0 Å². The van der Waals surface area contributed by atoms with Gasteiger partial charge in [-0.3, -0.25) is 9.59 Å². The van der Waals surface area contributed by atoms with Crippen LogP contribution in [0.2, 0.25) is 0 Å². The number of aliphatic hydroxyl groups is 15. The third kappa shape index (κ3) is 18.1. The van der Waals surface area contributed by atoms with Crippen molar-refractivity contribution >= 4 is 40.8 Å². The normalized spacial score (nSPS) is 32.3. The van der Waals surface area contributed by atoms with Crippen LogP contribution in [0, 0.1) is 0 Å². The summed E-state index contributed by atoms with van der Waals surface area (Å²) in [6, 6.07) is 19.0. The molecular formula is C69H75O41+. The quantitative estimate of drug-likeness (QED) is 0.00839. The number of hydrogen-bond donors (Lipinski definition) is 21. The minimum atomic E-state index is -2.27. The molecule has 0 bridgehead atoms. The summed E-state index contributed by atoms with van der Waals surface area (Å²) in [5, 5.41) is 224. The van der Waals surface area contributed by atoms with Crippen molar-refractivity contribution < 1.29 is 202 Å². The molecule has 0 unspecified atom stereocenters. The monoisotopic (exact) mass is 1560 g/mol. The summed E-state index contributed by atoms with van der Waals surface area (Å²) in [5.41, 5.74) is -1.16. The highest BCUT2D eigenvalue weighted by molar-refractivity contribution is 5.92. The predicted molar refractivity (Wildman–Crippen MR) is 350 cm³/mol. The number of aromatic hydroxyl groups is 5. The zero-order valence-electron chi connectivity index (χ0n) is 56.5. The van der Waals surface area contributed by atoms with Crippen molar-refractivity contribution in [2.75, 3.05) is 33.0 Å². The Hall–Kier alpha value is -9.78. The molecule has 596 valence electrons. The van der Waals surface area contributed by atoms with Crippen LogP contribution in [0.25, 0.3) is 22.3 Å². The number of fused-ring (bicyclic) bond motifs is 1. The number of rotatable bonds is 25. The molecule has 0 aliphatic carbocycles. The summed E-state index contributed by atoms with van der Waals surface area (Å²) in [6.07, 6.45) is -48.8. The van der Waals surface area contributed by atoms with Crippen molar-refractivity contribution in [1.82, 2.24) is 0 Å². The highest BCUT2D eigenvalue weighted by Crippen LogP contribution is 2.46. The Morgan fingerprint density at radius 2 is 0.764 bits per heavy atom. The molecule has 41 heteroatoms. The van der Waals surface area contributed by atoms with Crippen LogP contribution in [0.3, 0.4) is 0 Å². The summed E-state index contributed by atoms with van der Waals surface area (Å²) < 4.78 is 85.0. The molecule has 11 rings (SSSR count). The summed E-state index contributed by atoms with van der Waals surface area (Å²) in [5.74, 6) is -11.7. The summed E-state index contributed by atoms with van der Waals surface area (Å²) in [4.78, 5) is 62.9. The molecule has 25 atom stereocenters. The van der Waals surface area contributed by atoms with Gasteiger partial charge in [0, 0.05) is 24.3 Å². The van der Waals surface area contributed by atoms with E-state index in [0.29, 0.717) is 0 Å². The molecule has 110 heavy (non-hydrogen) atoms. The maximum atomic E-state index is 13.7. The van der Waals surface area contributed by atoms with Gasteiger partial charge in [0.05, 0.1) is 34.9 Å². The molecule has 5 fully saturated rings. The molecule has 5 aliphatic heterocycles. The number of ether oxygens (including phenoxy) is 14. The first kappa shape index (κ1) is 81.2. The van der Waals surface area contributed by atoms with Crippen molar-refractivity contribution in [3.63, 3.8) is 0 Å². The molecule has 5 aromatic carbocycles. The molecule has 6 aromatic rings. The van der Waals surface area contributed by atoms with Gasteiger partial charge in [0.2, 0.25) is 30.9 Å². The summed E-state index contributed by atoms with van der Waals surface area (Å²) >= 11 is 0. The molecule has 5 saturated heterocycles. The smallest absolute Gasteiger partial charge is 0.402 e. The van der Waals surface area contributed by atoms with E-state index in [4.69, 9.17) is 75.8 Å². The number of esters is 4. The molecule has 6 heterocycles. The van der Waals surface area contributed by atoms with Crippen LogP contribution in [0.1, 0.15) is 37.5 Å². The average molecular weight is 1560 g/mol. The van der Waals surface area contributed by atoms with Crippen LogP contribution in [-0.4, -0.2) is 324 Å². The van der Waals surface area contributed by atoms with Crippen LogP contribution < -0.4 is 18.9 Å². The Morgan fingerprint density at radius 3 is 1.22 bits per heavy atom. The van der Waals surface area contributed by atoms with Gasteiger partial charge >= 0.3 is 41.2 Å². The average Bonchev–Trinajstić information content (AvgIpc) is 0.755. The number of aliphatic carboxylic acids is 1. The molecule has 5 aliphatic rings. The lowest BCUT2D eigenvalue weighted by atomic mass is 9.97. The minimum Gasteiger partial charge on any atom is -0.508 e. The predicted octanol–water partition coefficient (Wildman–Crippen LogP) is -4.93. The van der Waals surface area contributed by atoms with Crippen LogP contribution in [0.15, 0.2) is 108 Å². The van der Waals surface area contributed by atoms with Gasteiger partial charge in [0.15, 0.2) is 29.6 Å². The van der Waals surface area contributed by atoms with Crippen molar-refractivity contribution in [3.8, 4) is 63.1 Å². The number of carboxylic acid groups (broad SMARTS) is 1. The second-order valence-corrected chi connectivity index (χ2v) is 25.6. The fourth-order valence-corrected chi connectivity index (χ4v) is 11.9. The molecule has 0 saturated carbocycles. The summed E-state index contributed by atoms with van der Waals surface area (Å²) in [6.45, 7) is -4.11. The topological polar surface area (TPSA) is 651 Å². The van der Waals surface area contributed by atoms with Gasteiger partial charge in [-0.15, -0.1) is 0 Å². The zero-order chi connectivity index (χ0) is 79.4. The van der Waals surface area contributed by atoms with E-state index in [9.17, 15) is 126 Å². The maximum absolute atomic E-state index is 13.7. The van der Waals surface area contributed by atoms with E-state index in [2.05, 4.69) is 0 Å². The Morgan fingerprint density at radius 1 is 0.382 bits per heavy atom. The number of phenols is 5. The third-order valence-corrected chi connectivity index (χ3v) is 18.0. The highest BCUT2D eigenvalue weighted by Gasteiger charge is 2.54. The first-order valence-electron chi connectivity index (χ1n) is 33.3. The molecule has 1 aromatic heterocycles. The SMILES string of the molecule is O=C(O)CC(=O)OC[C@H]1O[C@@H](Oc2cc3c(O)cc(O[C@@H]4O[C@H](COC(=O)c5ccc(O[C@@H]6O[C@H](COC(=O)c7ccc(O[C@@H]8O[C@H](CO)[C@@H](O)[C@H](O)[C@H]8O)cc7)[C@@H](O)[C@H](O)[C@H]6O)cc5)[C@@H](O)[C@H](O)[C@H]4O[C@@H]4O[C@H](COC(=O)c5ccc(O)cc5)[C@@H](O)[C@H](O)[C@H]4O)cc3[o+]c2-c2cc(O)c(O)c(O)c2)[C@H](O)[C@@H](O)[C@@H]1O. The van der Waals surface area contributed by atoms with Gasteiger partial charge in [0.1, 0.15) is 183 Å². The van der Waals surface area contributed by atoms with Gasteiger partial charge in [-0.25, -0.2) is 18.8 Å². The van der Waals surface area contributed by atoms with Gasteiger partial charge in [0.25, 0.3) is 0 Å². The Balaban J connectivity index is 0.801. The van der Waals surface area contributed by atoms with E-state index in [0.717, 1.165) is 42.5 Å². The Kier molecular flexibility index (Phi) is 25.6. The molecule has 21 N–H and O–H groups in total. The fourth-order valence-electron chi connectivity index (χ4n) is 11.9. The van der Waals surface area contributed by atoms with Gasteiger partial charge in [-0.2, -0.15) is 0 Å².